The molecule has 0 unspecified atom stereocenters. The Bertz CT molecular complexity index is 706. The zero-order valence-electron chi connectivity index (χ0n) is 12.9. The number of morpholine rings is 1. The van der Waals surface area contributed by atoms with E-state index in [4.69, 9.17) is 4.74 Å². The lowest BCUT2D eigenvalue weighted by Gasteiger charge is -2.26. The van der Waals surface area contributed by atoms with Gasteiger partial charge in [0.25, 0.3) is 5.91 Å². The van der Waals surface area contributed by atoms with Crippen molar-refractivity contribution in [3.63, 3.8) is 0 Å². The Hall–Kier alpha value is -2.18. The summed E-state index contributed by atoms with van der Waals surface area (Å²) in [6, 6.07) is 11.7. The van der Waals surface area contributed by atoms with Gasteiger partial charge in [0, 0.05) is 24.9 Å². The molecular weight excluding hydrogens is 312 g/mol. The summed E-state index contributed by atoms with van der Waals surface area (Å²) >= 11 is 1.42. The summed E-state index contributed by atoms with van der Waals surface area (Å²) in [5.41, 5.74) is 1.58. The highest BCUT2D eigenvalue weighted by Gasteiger charge is 2.24. The third kappa shape index (κ3) is 3.60. The molecule has 3 rings (SSSR count). The zero-order valence-corrected chi connectivity index (χ0v) is 13.7. The summed E-state index contributed by atoms with van der Waals surface area (Å²) in [6.07, 6.45) is 0. The molecule has 0 radical (unpaired) electrons. The molecule has 1 aromatic carbocycles. The standard InChI is InChI=1S/C17H18N2O3S/c1-12(20)18-16-14(17(21)19-7-9-22-10-8-19)11-15(23-16)13-5-3-2-4-6-13/h2-6,11H,7-10H2,1H3,(H,18,20). The molecule has 2 aromatic rings. The van der Waals surface area contributed by atoms with Crippen molar-refractivity contribution >= 4 is 28.2 Å². The fraction of sp³-hybridized carbons (Fsp3) is 0.294. The number of hydrogen-bond donors (Lipinski definition) is 1. The Morgan fingerprint density at radius 1 is 1.17 bits per heavy atom. The largest absolute Gasteiger partial charge is 0.378 e. The van der Waals surface area contributed by atoms with Gasteiger partial charge in [-0.15, -0.1) is 11.3 Å². The Labute approximate surface area is 138 Å². The molecule has 120 valence electrons. The van der Waals surface area contributed by atoms with Crippen molar-refractivity contribution in [1.29, 1.82) is 0 Å². The first kappa shape index (κ1) is 15.7. The third-order valence-electron chi connectivity index (χ3n) is 3.61. The second-order valence-electron chi connectivity index (χ2n) is 5.31. The van der Waals surface area contributed by atoms with Gasteiger partial charge < -0.3 is 15.0 Å². The minimum absolute atomic E-state index is 0.0597. The molecule has 1 aliphatic heterocycles. The van der Waals surface area contributed by atoms with Crippen molar-refractivity contribution in [2.75, 3.05) is 31.6 Å². The van der Waals surface area contributed by atoms with Crippen molar-refractivity contribution in [2.45, 2.75) is 6.92 Å². The van der Waals surface area contributed by atoms with Crippen LogP contribution in [0.3, 0.4) is 0 Å². The van der Waals surface area contributed by atoms with E-state index in [9.17, 15) is 9.59 Å². The summed E-state index contributed by atoms with van der Waals surface area (Å²) in [7, 11) is 0. The molecule has 1 saturated heterocycles. The minimum atomic E-state index is -0.178. The zero-order chi connectivity index (χ0) is 16.2. The number of thiophene rings is 1. The van der Waals surface area contributed by atoms with Crippen LogP contribution in [-0.4, -0.2) is 43.0 Å². The van der Waals surface area contributed by atoms with Crippen LogP contribution < -0.4 is 5.32 Å². The van der Waals surface area contributed by atoms with Gasteiger partial charge in [0.1, 0.15) is 5.00 Å². The highest BCUT2D eigenvalue weighted by atomic mass is 32.1. The molecule has 1 aromatic heterocycles. The van der Waals surface area contributed by atoms with E-state index in [0.717, 1.165) is 10.4 Å². The van der Waals surface area contributed by atoms with Crippen molar-refractivity contribution in [1.82, 2.24) is 4.90 Å². The van der Waals surface area contributed by atoms with Gasteiger partial charge in [0.2, 0.25) is 5.91 Å². The number of carbonyl (C=O) groups is 2. The van der Waals surface area contributed by atoms with Gasteiger partial charge in [0.15, 0.2) is 0 Å². The van der Waals surface area contributed by atoms with E-state index in [1.165, 1.54) is 18.3 Å². The second kappa shape index (κ2) is 6.93. The lowest BCUT2D eigenvalue weighted by atomic mass is 10.1. The molecule has 1 aliphatic rings. The number of nitrogens with zero attached hydrogens (tertiary/aromatic N) is 1. The first-order valence-electron chi connectivity index (χ1n) is 7.49. The second-order valence-corrected chi connectivity index (χ2v) is 6.36. The van der Waals surface area contributed by atoms with Crippen molar-refractivity contribution in [3.8, 4) is 10.4 Å². The van der Waals surface area contributed by atoms with Gasteiger partial charge in [-0.1, -0.05) is 30.3 Å². The smallest absolute Gasteiger partial charge is 0.257 e. The Morgan fingerprint density at radius 2 is 1.87 bits per heavy atom. The van der Waals surface area contributed by atoms with Crippen LogP contribution in [0.5, 0.6) is 0 Å². The van der Waals surface area contributed by atoms with Crippen LogP contribution in [0, 0.1) is 0 Å². The van der Waals surface area contributed by atoms with Crippen LogP contribution in [-0.2, 0) is 9.53 Å². The van der Waals surface area contributed by atoms with Crippen LogP contribution in [0.25, 0.3) is 10.4 Å². The normalized spacial score (nSPS) is 14.6. The molecule has 2 heterocycles. The molecule has 5 nitrogen and oxygen atoms in total. The summed E-state index contributed by atoms with van der Waals surface area (Å²) in [4.78, 5) is 27.0. The molecule has 0 spiro atoms. The van der Waals surface area contributed by atoms with Crippen LogP contribution in [0.1, 0.15) is 17.3 Å². The minimum Gasteiger partial charge on any atom is -0.378 e. The van der Waals surface area contributed by atoms with Crippen LogP contribution >= 0.6 is 11.3 Å². The molecular formula is C17H18N2O3S. The Balaban J connectivity index is 1.95. The van der Waals surface area contributed by atoms with Crippen LogP contribution in [0.2, 0.25) is 0 Å². The van der Waals surface area contributed by atoms with E-state index >= 15 is 0 Å². The summed E-state index contributed by atoms with van der Waals surface area (Å²) in [5.74, 6) is -0.238. The molecule has 2 amide bonds. The summed E-state index contributed by atoms with van der Waals surface area (Å²) in [5, 5.41) is 3.39. The average molecular weight is 330 g/mol. The molecule has 6 heteroatoms. The molecule has 0 atom stereocenters. The SMILES string of the molecule is CC(=O)Nc1sc(-c2ccccc2)cc1C(=O)N1CCOCC1. The average Bonchev–Trinajstić information content (AvgIpc) is 2.99. The maximum absolute atomic E-state index is 12.8. The van der Waals surface area contributed by atoms with E-state index in [1.807, 2.05) is 36.4 Å². The van der Waals surface area contributed by atoms with E-state index < -0.39 is 0 Å². The fourth-order valence-electron chi connectivity index (χ4n) is 2.48. The van der Waals surface area contributed by atoms with E-state index in [-0.39, 0.29) is 11.8 Å². The van der Waals surface area contributed by atoms with Crippen molar-refractivity contribution < 1.29 is 14.3 Å². The number of amides is 2. The maximum Gasteiger partial charge on any atom is 0.257 e. The first-order chi connectivity index (χ1) is 11.1. The van der Waals surface area contributed by atoms with Gasteiger partial charge in [0.05, 0.1) is 18.8 Å². The number of benzene rings is 1. The predicted molar refractivity (Wildman–Crippen MR) is 90.8 cm³/mol. The highest BCUT2D eigenvalue weighted by molar-refractivity contribution is 7.20. The fourth-order valence-corrected chi connectivity index (χ4v) is 3.59. The Morgan fingerprint density at radius 3 is 2.52 bits per heavy atom. The quantitative estimate of drug-likeness (QED) is 0.941. The van der Waals surface area contributed by atoms with Gasteiger partial charge >= 0.3 is 0 Å². The first-order valence-corrected chi connectivity index (χ1v) is 8.30. The molecule has 0 saturated carbocycles. The molecule has 1 N–H and O–H groups in total. The lowest BCUT2D eigenvalue weighted by molar-refractivity contribution is -0.114. The highest BCUT2D eigenvalue weighted by Crippen LogP contribution is 2.36. The van der Waals surface area contributed by atoms with Gasteiger partial charge in [-0.25, -0.2) is 0 Å². The monoisotopic (exact) mass is 330 g/mol. The molecule has 1 fully saturated rings. The topological polar surface area (TPSA) is 58.6 Å². The van der Waals surface area contributed by atoms with E-state index in [1.54, 1.807) is 4.90 Å². The number of anilines is 1. The van der Waals surface area contributed by atoms with Gasteiger partial charge in [-0.2, -0.15) is 0 Å². The number of nitrogens with one attached hydrogen (secondary N) is 1. The Kier molecular flexibility index (Phi) is 4.73. The van der Waals surface area contributed by atoms with E-state index in [2.05, 4.69) is 5.32 Å². The maximum atomic E-state index is 12.8. The van der Waals surface area contributed by atoms with Crippen LogP contribution in [0.15, 0.2) is 36.4 Å². The molecule has 0 aliphatic carbocycles. The number of rotatable bonds is 3. The summed E-state index contributed by atoms with van der Waals surface area (Å²) in [6.45, 7) is 3.71. The predicted octanol–water partition coefficient (Wildman–Crippen LogP) is 2.85. The van der Waals surface area contributed by atoms with Crippen molar-refractivity contribution in [3.05, 3.63) is 42.0 Å². The van der Waals surface area contributed by atoms with E-state index in [0.29, 0.717) is 36.9 Å². The molecule has 0 bridgehead atoms. The third-order valence-corrected chi connectivity index (χ3v) is 4.71. The summed E-state index contributed by atoms with van der Waals surface area (Å²) < 4.78 is 5.29. The number of ether oxygens (including phenoxy) is 1. The number of hydrogen-bond acceptors (Lipinski definition) is 4. The van der Waals surface area contributed by atoms with Crippen molar-refractivity contribution in [2.24, 2.45) is 0 Å². The molecule has 23 heavy (non-hydrogen) atoms. The van der Waals surface area contributed by atoms with Crippen LogP contribution in [0.4, 0.5) is 5.00 Å². The van der Waals surface area contributed by atoms with Gasteiger partial charge in [-0.3, -0.25) is 9.59 Å². The number of carbonyl (C=O) groups excluding carboxylic acids is 2. The van der Waals surface area contributed by atoms with Gasteiger partial charge in [-0.05, 0) is 11.6 Å². The lowest BCUT2D eigenvalue weighted by Crippen LogP contribution is -2.40.